The Hall–Kier alpha value is -3.62. The van der Waals surface area contributed by atoms with Gasteiger partial charge in [0, 0.05) is 16.8 Å². The fourth-order valence-corrected chi connectivity index (χ4v) is 4.89. The Morgan fingerprint density at radius 3 is 2.31 bits per heavy atom. The van der Waals surface area contributed by atoms with Crippen LogP contribution in [-0.2, 0) is 21.8 Å². The van der Waals surface area contributed by atoms with E-state index in [1.807, 2.05) is 47.8 Å². The molecule has 8 heteroatoms. The molecule has 0 atom stereocenters. The van der Waals surface area contributed by atoms with Gasteiger partial charge in [0.25, 0.3) is 0 Å². The monoisotopic (exact) mass is 503 g/mol. The maximum atomic E-state index is 12.5. The van der Waals surface area contributed by atoms with Crippen molar-refractivity contribution < 1.29 is 14.3 Å². The van der Waals surface area contributed by atoms with Crippen molar-refractivity contribution in [2.75, 3.05) is 23.5 Å². The number of carbonyl (C=O) groups excluding carboxylic acids is 2. The third kappa shape index (κ3) is 7.43. The number of amides is 2. The molecular weight excluding hydrogens is 478 g/mol. The SMILES string of the molecule is COc1ccc(NC(=O)CSCc2csc(NC(=O)Cc3ccc(-c4ccccc4)cc3)n2)cc1. The van der Waals surface area contributed by atoms with Gasteiger partial charge in [-0.3, -0.25) is 9.59 Å². The Bertz CT molecular complexity index is 1260. The summed E-state index contributed by atoms with van der Waals surface area (Å²) in [5.74, 6) is 1.45. The normalized spacial score (nSPS) is 10.5. The average molecular weight is 504 g/mol. The number of aromatic nitrogens is 1. The molecule has 35 heavy (non-hydrogen) atoms. The Morgan fingerprint density at radius 2 is 1.60 bits per heavy atom. The van der Waals surface area contributed by atoms with Crippen molar-refractivity contribution in [3.63, 3.8) is 0 Å². The van der Waals surface area contributed by atoms with Crippen LogP contribution < -0.4 is 15.4 Å². The predicted molar refractivity (Wildman–Crippen MR) is 144 cm³/mol. The average Bonchev–Trinajstić information content (AvgIpc) is 3.32. The highest BCUT2D eigenvalue weighted by Gasteiger charge is 2.10. The molecule has 0 bridgehead atoms. The number of ether oxygens (including phenoxy) is 1. The summed E-state index contributed by atoms with van der Waals surface area (Å²) in [5, 5.41) is 8.19. The minimum absolute atomic E-state index is 0.0813. The van der Waals surface area contributed by atoms with Gasteiger partial charge in [-0.15, -0.1) is 23.1 Å². The van der Waals surface area contributed by atoms with Crippen LogP contribution >= 0.6 is 23.1 Å². The number of hydrogen-bond donors (Lipinski definition) is 2. The van der Waals surface area contributed by atoms with Crippen LogP contribution in [0.25, 0.3) is 11.1 Å². The largest absolute Gasteiger partial charge is 0.497 e. The second-order valence-corrected chi connectivity index (χ2v) is 9.55. The summed E-state index contributed by atoms with van der Waals surface area (Å²) in [5.41, 5.74) is 4.77. The molecular formula is C27H25N3O3S2. The van der Waals surface area contributed by atoms with Gasteiger partial charge in [-0.25, -0.2) is 4.98 Å². The second-order valence-electron chi connectivity index (χ2n) is 7.70. The Labute approximate surface area is 212 Å². The van der Waals surface area contributed by atoms with Gasteiger partial charge in [-0.1, -0.05) is 54.6 Å². The first-order chi connectivity index (χ1) is 17.1. The number of nitrogens with one attached hydrogen (secondary N) is 2. The maximum Gasteiger partial charge on any atom is 0.234 e. The number of benzene rings is 3. The molecule has 0 unspecified atom stereocenters. The van der Waals surface area contributed by atoms with E-state index in [-0.39, 0.29) is 18.2 Å². The molecule has 3 aromatic carbocycles. The zero-order valence-electron chi connectivity index (χ0n) is 19.2. The molecule has 1 heterocycles. The van der Waals surface area contributed by atoms with Gasteiger partial charge in [0.05, 0.1) is 25.0 Å². The van der Waals surface area contributed by atoms with Crippen molar-refractivity contribution in [1.82, 2.24) is 4.98 Å². The minimum Gasteiger partial charge on any atom is -0.497 e. The fourth-order valence-electron chi connectivity index (χ4n) is 3.34. The van der Waals surface area contributed by atoms with Crippen molar-refractivity contribution in [2.24, 2.45) is 0 Å². The lowest BCUT2D eigenvalue weighted by Crippen LogP contribution is -2.14. The molecule has 2 amide bonds. The molecule has 2 N–H and O–H groups in total. The zero-order valence-corrected chi connectivity index (χ0v) is 20.8. The van der Waals surface area contributed by atoms with Crippen LogP contribution in [0.5, 0.6) is 5.75 Å². The number of hydrogen-bond acceptors (Lipinski definition) is 6. The van der Waals surface area contributed by atoms with Crippen LogP contribution in [0.3, 0.4) is 0 Å². The fraction of sp³-hybridized carbons (Fsp3) is 0.148. The first-order valence-corrected chi connectivity index (χ1v) is 13.0. The highest BCUT2D eigenvalue weighted by atomic mass is 32.2. The van der Waals surface area contributed by atoms with Gasteiger partial charge in [-0.05, 0) is 41.0 Å². The lowest BCUT2D eigenvalue weighted by molar-refractivity contribution is -0.115. The quantitative estimate of drug-likeness (QED) is 0.283. The standard InChI is InChI=1S/C27H25N3O3S2/c1-33-24-13-11-22(12-14-24)28-26(32)18-34-16-23-17-35-27(29-23)30-25(31)15-19-7-9-21(10-8-19)20-5-3-2-4-6-20/h2-14,17H,15-16,18H2,1H3,(H,28,32)(H,29,30,31). The molecule has 4 aromatic rings. The van der Waals surface area contributed by atoms with Gasteiger partial charge >= 0.3 is 0 Å². The highest BCUT2D eigenvalue weighted by molar-refractivity contribution is 7.99. The summed E-state index contributed by atoms with van der Waals surface area (Å²) in [4.78, 5) is 29.1. The Kier molecular flexibility index (Phi) is 8.53. The molecule has 6 nitrogen and oxygen atoms in total. The van der Waals surface area contributed by atoms with E-state index in [1.165, 1.54) is 23.1 Å². The molecule has 0 radical (unpaired) electrons. The third-order valence-electron chi connectivity index (χ3n) is 5.08. The summed E-state index contributed by atoms with van der Waals surface area (Å²) in [7, 11) is 1.60. The molecule has 178 valence electrons. The molecule has 4 rings (SSSR count). The summed E-state index contributed by atoms with van der Waals surface area (Å²) in [6.45, 7) is 0. The van der Waals surface area contributed by atoms with E-state index in [2.05, 4.69) is 27.8 Å². The van der Waals surface area contributed by atoms with E-state index in [4.69, 9.17) is 4.74 Å². The lowest BCUT2D eigenvalue weighted by Gasteiger charge is -2.06. The summed E-state index contributed by atoms with van der Waals surface area (Å²) >= 11 is 2.85. The first-order valence-electron chi connectivity index (χ1n) is 11.0. The van der Waals surface area contributed by atoms with Gasteiger partial charge in [0.1, 0.15) is 5.75 Å². The number of methoxy groups -OCH3 is 1. The number of carbonyl (C=O) groups is 2. The Balaban J connectivity index is 1.20. The maximum absolute atomic E-state index is 12.5. The van der Waals surface area contributed by atoms with Crippen molar-refractivity contribution in [3.05, 3.63) is 95.5 Å². The summed E-state index contributed by atoms with van der Waals surface area (Å²) in [6.07, 6.45) is 0.282. The lowest BCUT2D eigenvalue weighted by atomic mass is 10.0. The van der Waals surface area contributed by atoms with E-state index < -0.39 is 0 Å². The minimum atomic E-state index is -0.107. The first kappa shape index (κ1) is 24.5. The van der Waals surface area contributed by atoms with Crippen LogP contribution in [0.2, 0.25) is 0 Å². The van der Waals surface area contributed by atoms with Crippen LogP contribution in [0.4, 0.5) is 10.8 Å². The number of thiazole rings is 1. The van der Waals surface area contributed by atoms with Crippen molar-refractivity contribution in [1.29, 1.82) is 0 Å². The number of thioether (sulfide) groups is 1. The van der Waals surface area contributed by atoms with Crippen LogP contribution in [0.15, 0.2) is 84.2 Å². The number of nitrogens with zero attached hydrogens (tertiary/aromatic N) is 1. The Morgan fingerprint density at radius 1 is 0.886 bits per heavy atom. The van der Waals surface area contributed by atoms with E-state index >= 15 is 0 Å². The van der Waals surface area contributed by atoms with Gasteiger partial charge in [0.2, 0.25) is 11.8 Å². The molecule has 1 aromatic heterocycles. The number of rotatable bonds is 10. The molecule has 0 aliphatic carbocycles. The summed E-state index contributed by atoms with van der Waals surface area (Å²) < 4.78 is 5.11. The highest BCUT2D eigenvalue weighted by Crippen LogP contribution is 2.22. The van der Waals surface area contributed by atoms with E-state index in [0.717, 1.165) is 33.8 Å². The molecule has 0 fully saturated rings. The van der Waals surface area contributed by atoms with Crippen LogP contribution in [0.1, 0.15) is 11.3 Å². The van der Waals surface area contributed by atoms with Gasteiger partial charge in [0.15, 0.2) is 5.13 Å². The van der Waals surface area contributed by atoms with E-state index in [1.54, 1.807) is 31.4 Å². The summed E-state index contributed by atoms with van der Waals surface area (Å²) in [6, 6.07) is 25.3. The zero-order chi connectivity index (χ0) is 24.5. The predicted octanol–water partition coefficient (Wildman–Crippen LogP) is 5.87. The van der Waals surface area contributed by atoms with Crippen molar-refractivity contribution in [2.45, 2.75) is 12.2 Å². The third-order valence-corrected chi connectivity index (χ3v) is 6.85. The topological polar surface area (TPSA) is 80.3 Å². The van der Waals surface area contributed by atoms with Crippen LogP contribution in [-0.4, -0.2) is 29.7 Å². The van der Waals surface area contributed by atoms with Crippen molar-refractivity contribution in [3.8, 4) is 16.9 Å². The smallest absolute Gasteiger partial charge is 0.234 e. The van der Waals surface area contributed by atoms with Gasteiger partial charge < -0.3 is 15.4 Å². The van der Waals surface area contributed by atoms with Gasteiger partial charge in [-0.2, -0.15) is 0 Å². The molecule has 0 spiro atoms. The number of anilines is 2. The van der Waals surface area contributed by atoms with Crippen LogP contribution in [0, 0.1) is 0 Å². The second kappa shape index (κ2) is 12.2. The molecule has 0 aliphatic heterocycles. The van der Waals surface area contributed by atoms with Crippen molar-refractivity contribution >= 4 is 45.7 Å². The molecule has 0 saturated carbocycles. The molecule has 0 aliphatic rings. The van der Waals surface area contributed by atoms with E-state index in [0.29, 0.717) is 16.6 Å². The molecule has 0 saturated heterocycles. The van der Waals surface area contributed by atoms with E-state index in [9.17, 15) is 9.59 Å².